The molecule has 0 saturated carbocycles. The van der Waals surface area contributed by atoms with Crippen LogP contribution in [0.5, 0.6) is 11.5 Å². The number of fused-ring (bicyclic) bond motifs is 1. The first-order valence-electron chi connectivity index (χ1n) is 6.26. The number of para-hydroxylation sites is 1. The van der Waals surface area contributed by atoms with E-state index in [1.165, 1.54) is 0 Å². The highest BCUT2D eigenvalue weighted by Crippen LogP contribution is 2.45. The highest BCUT2D eigenvalue weighted by Gasteiger charge is 2.46. The third kappa shape index (κ3) is 2.66. The van der Waals surface area contributed by atoms with Crippen LogP contribution in [0.15, 0.2) is 35.2 Å². The van der Waals surface area contributed by atoms with Gasteiger partial charge in [-0.05, 0) is 24.3 Å². The fourth-order valence-electron chi connectivity index (χ4n) is 2.00. The molecular formula is C13H8F4N2O4S. The molecule has 0 aromatic heterocycles. The molecule has 0 amide bonds. The van der Waals surface area contributed by atoms with Crippen LogP contribution >= 0.6 is 0 Å². The van der Waals surface area contributed by atoms with Crippen LogP contribution < -0.4 is 19.9 Å². The predicted molar refractivity (Wildman–Crippen MR) is 74.2 cm³/mol. The molecule has 3 N–H and O–H groups in total. The summed E-state index contributed by atoms with van der Waals surface area (Å²) in [7, 11) is -4.55. The maximum Gasteiger partial charge on any atom is 0.586 e. The quantitative estimate of drug-likeness (QED) is 0.646. The Morgan fingerprint density at radius 3 is 2.50 bits per heavy atom. The zero-order valence-electron chi connectivity index (χ0n) is 11.5. The molecule has 1 aliphatic rings. The molecule has 0 aliphatic carbocycles. The number of nitrogens with two attached hydrogens (primary N) is 1. The first kappa shape index (κ1) is 16.2. The van der Waals surface area contributed by atoms with Gasteiger partial charge in [0.25, 0.3) is 10.0 Å². The lowest BCUT2D eigenvalue weighted by molar-refractivity contribution is -0.287. The molecule has 0 unspecified atom stereocenters. The summed E-state index contributed by atoms with van der Waals surface area (Å²) in [5.74, 6) is -3.64. The third-order valence-electron chi connectivity index (χ3n) is 3.05. The summed E-state index contributed by atoms with van der Waals surface area (Å²) in [5, 5.41) is 0. The molecule has 24 heavy (non-hydrogen) atoms. The van der Waals surface area contributed by atoms with E-state index >= 15 is 0 Å². The van der Waals surface area contributed by atoms with Gasteiger partial charge >= 0.3 is 6.29 Å². The second-order valence-corrected chi connectivity index (χ2v) is 6.33. The minimum absolute atomic E-state index is 0.498. The van der Waals surface area contributed by atoms with Gasteiger partial charge in [-0.3, -0.25) is 4.72 Å². The molecule has 0 fully saturated rings. The van der Waals surface area contributed by atoms with Gasteiger partial charge in [0.2, 0.25) is 0 Å². The molecule has 1 aliphatic heterocycles. The molecule has 1 heterocycles. The van der Waals surface area contributed by atoms with Crippen LogP contribution in [0.3, 0.4) is 0 Å². The topological polar surface area (TPSA) is 90.7 Å². The highest BCUT2D eigenvalue weighted by molar-refractivity contribution is 7.92. The molecule has 0 radical (unpaired) electrons. The molecule has 2 aromatic rings. The highest BCUT2D eigenvalue weighted by atomic mass is 32.2. The molecule has 0 saturated heterocycles. The van der Waals surface area contributed by atoms with Gasteiger partial charge in [-0.25, -0.2) is 17.2 Å². The third-order valence-corrected chi connectivity index (χ3v) is 4.44. The van der Waals surface area contributed by atoms with Gasteiger partial charge in [0, 0.05) is 0 Å². The van der Waals surface area contributed by atoms with E-state index in [-0.39, 0.29) is 0 Å². The zero-order valence-corrected chi connectivity index (χ0v) is 12.3. The largest absolute Gasteiger partial charge is 0.586 e. The SMILES string of the molecule is Nc1c(F)ccc(NS(=O)(=O)c2cccc3c2OC(F)(F)O3)c1F. The predicted octanol–water partition coefficient (Wildman–Crippen LogP) is 2.67. The number of sulfonamides is 1. The monoisotopic (exact) mass is 364 g/mol. The van der Waals surface area contributed by atoms with E-state index in [4.69, 9.17) is 5.73 Å². The molecule has 128 valence electrons. The normalized spacial score (nSPS) is 15.3. The van der Waals surface area contributed by atoms with Gasteiger partial charge in [0.05, 0.1) is 5.69 Å². The van der Waals surface area contributed by atoms with Gasteiger partial charge in [-0.1, -0.05) is 6.07 Å². The Morgan fingerprint density at radius 1 is 1.08 bits per heavy atom. The maximum absolute atomic E-state index is 13.8. The number of rotatable bonds is 3. The fraction of sp³-hybridized carbons (Fsp3) is 0.0769. The second-order valence-electron chi connectivity index (χ2n) is 4.68. The summed E-state index contributed by atoms with van der Waals surface area (Å²) in [6, 6.07) is 4.71. The lowest BCUT2D eigenvalue weighted by Gasteiger charge is -2.12. The van der Waals surface area contributed by atoms with Crippen LogP contribution in [-0.2, 0) is 10.0 Å². The van der Waals surface area contributed by atoms with E-state index in [2.05, 4.69) is 9.47 Å². The van der Waals surface area contributed by atoms with Crippen molar-refractivity contribution in [2.24, 2.45) is 0 Å². The number of nitrogens with one attached hydrogen (secondary N) is 1. The van der Waals surface area contributed by atoms with Crippen molar-refractivity contribution in [2.75, 3.05) is 10.5 Å². The van der Waals surface area contributed by atoms with E-state index in [0.717, 1.165) is 30.3 Å². The van der Waals surface area contributed by atoms with Crippen molar-refractivity contribution >= 4 is 21.4 Å². The number of hydrogen-bond donors (Lipinski definition) is 2. The number of alkyl halides is 2. The molecule has 2 aromatic carbocycles. The fourth-order valence-corrected chi connectivity index (χ4v) is 3.21. The Bertz CT molecular complexity index is 934. The number of benzene rings is 2. The minimum Gasteiger partial charge on any atom is -0.395 e. The van der Waals surface area contributed by atoms with Crippen molar-refractivity contribution in [2.45, 2.75) is 11.2 Å². The van der Waals surface area contributed by atoms with Gasteiger partial charge in [-0.15, -0.1) is 8.78 Å². The Labute approximate surface area is 132 Å². The summed E-state index contributed by atoms with van der Waals surface area (Å²) < 4.78 is 88.0. The summed E-state index contributed by atoms with van der Waals surface area (Å²) >= 11 is 0. The van der Waals surface area contributed by atoms with Crippen LogP contribution in [0.4, 0.5) is 28.9 Å². The van der Waals surface area contributed by atoms with Crippen LogP contribution in [0, 0.1) is 11.6 Å². The van der Waals surface area contributed by atoms with Gasteiger partial charge in [0.15, 0.2) is 17.3 Å². The first-order valence-corrected chi connectivity index (χ1v) is 7.74. The number of ether oxygens (including phenoxy) is 2. The van der Waals surface area contributed by atoms with Gasteiger partial charge in [-0.2, -0.15) is 0 Å². The van der Waals surface area contributed by atoms with Gasteiger partial charge < -0.3 is 15.2 Å². The van der Waals surface area contributed by atoms with Crippen molar-refractivity contribution in [3.8, 4) is 11.5 Å². The van der Waals surface area contributed by atoms with Crippen LogP contribution in [-0.4, -0.2) is 14.7 Å². The summed E-state index contributed by atoms with van der Waals surface area (Å²) in [5.41, 5.74) is 3.59. The van der Waals surface area contributed by atoms with Crippen molar-refractivity contribution in [1.82, 2.24) is 0 Å². The van der Waals surface area contributed by atoms with E-state index in [9.17, 15) is 26.0 Å². The van der Waals surface area contributed by atoms with Crippen molar-refractivity contribution in [3.05, 3.63) is 42.0 Å². The summed E-state index contributed by atoms with van der Waals surface area (Å²) in [4.78, 5) is -0.709. The molecule has 0 spiro atoms. The number of nitrogen functional groups attached to an aromatic ring is 1. The summed E-state index contributed by atoms with van der Waals surface area (Å²) in [6.07, 6.45) is -4.03. The first-order chi connectivity index (χ1) is 11.1. The number of halogens is 4. The molecule has 0 atom stereocenters. The molecule has 11 heteroatoms. The molecule has 3 rings (SSSR count). The second kappa shape index (κ2) is 5.16. The van der Waals surface area contributed by atoms with Crippen LogP contribution in [0.25, 0.3) is 0 Å². The maximum atomic E-state index is 13.8. The van der Waals surface area contributed by atoms with Gasteiger partial charge in [0.1, 0.15) is 16.4 Å². The average molecular weight is 364 g/mol. The molecule has 6 nitrogen and oxygen atoms in total. The zero-order chi connectivity index (χ0) is 17.7. The van der Waals surface area contributed by atoms with Crippen molar-refractivity contribution in [3.63, 3.8) is 0 Å². The Kier molecular flexibility index (Phi) is 3.48. The smallest absolute Gasteiger partial charge is 0.395 e. The lowest BCUT2D eigenvalue weighted by atomic mass is 10.2. The molecular weight excluding hydrogens is 356 g/mol. The Balaban J connectivity index is 2.03. The average Bonchev–Trinajstić information content (AvgIpc) is 2.81. The number of anilines is 2. The van der Waals surface area contributed by atoms with Crippen LogP contribution in [0.2, 0.25) is 0 Å². The van der Waals surface area contributed by atoms with E-state index in [0.29, 0.717) is 0 Å². The number of hydrogen-bond acceptors (Lipinski definition) is 5. The minimum atomic E-state index is -4.55. The van der Waals surface area contributed by atoms with E-state index in [1.807, 2.05) is 0 Å². The summed E-state index contributed by atoms with van der Waals surface area (Å²) in [6.45, 7) is 0. The van der Waals surface area contributed by atoms with Crippen LogP contribution in [0.1, 0.15) is 0 Å². The Hall–Kier alpha value is -2.69. The Morgan fingerprint density at radius 2 is 1.79 bits per heavy atom. The van der Waals surface area contributed by atoms with Crippen molar-refractivity contribution < 1.29 is 35.5 Å². The lowest BCUT2D eigenvalue weighted by Crippen LogP contribution is -2.26. The van der Waals surface area contributed by atoms with Crippen molar-refractivity contribution in [1.29, 1.82) is 0 Å². The van der Waals surface area contributed by atoms with E-state index in [1.54, 1.807) is 4.72 Å². The molecule has 0 bridgehead atoms. The van der Waals surface area contributed by atoms with E-state index < -0.39 is 55.7 Å². The standard InChI is InChI=1S/C13H8F4N2O4S/c14-6-4-5-7(10(15)11(6)18)19-24(20,21)9-3-1-2-8-12(9)23-13(16,17)22-8/h1-5,19H,18H2.